The van der Waals surface area contributed by atoms with Crippen LogP contribution in [0.2, 0.25) is 0 Å². The first kappa shape index (κ1) is 10.9. The van der Waals surface area contributed by atoms with E-state index in [4.69, 9.17) is 10.5 Å². The molecule has 0 saturated heterocycles. The van der Waals surface area contributed by atoms with E-state index in [0.29, 0.717) is 5.88 Å². The highest BCUT2D eigenvalue weighted by Crippen LogP contribution is 2.13. The minimum Gasteiger partial charge on any atom is -0.480 e. The molecule has 0 spiro atoms. The lowest BCUT2D eigenvalue weighted by molar-refractivity contribution is 0.387. The molecule has 0 fully saturated rings. The lowest BCUT2D eigenvalue weighted by Gasteiger charge is -2.09. The fourth-order valence-corrected chi connectivity index (χ4v) is 1.22. The van der Waals surface area contributed by atoms with Crippen LogP contribution in [0.25, 0.3) is 0 Å². The maximum atomic E-state index is 5.82. The van der Waals surface area contributed by atoms with Crippen LogP contribution in [0.3, 0.4) is 0 Å². The van der Waals surface area contributed by atoms with Gasteiger partial charge in [0.15, 0.2) is 0 Å². The van der Waals surface area contributed by atoms with Gasteiger partial charge >= 0.3 is 0 Å². The molecular weight excluding hydrogens is 178 g/mol. The molecule has 4 nitrogen and oxygen atoms in total. The molecule has 1 unspecified atom stereocenters. The van der Waals surface area contributed by atoms with Crippen LogP contribution < -0.4 is 10.5 Å². The summed E-state index contributed by atoms with van der Waals surface area (Å²) in [4.78, 5) is 8.29. The quantitative estimate of drug-likeness (QED) is 0.765. The molecule has 1 aromatic heterocycles. The van der Waals surface area contributed by atoms with Gasteiger partial charge in [0.05, 0.1) is 7.11 Å². The van der Waals surface area contributed by atoms with Gasteiger partial charge in [0.25, 0.3) is 0 Å². The molecule has 0 aromatic carbocycles. The number of rotatable bonds is 5. The molecule has 1 atom stereocenters. The Morgan fingerprint density at radius 3 is 2.79 bits per heavy atom. The predicted molar refractivity (Wildman–Crippen MR) is 55.2 cm³/mol. The van der Waals surface area contributed by atoms with Crippen molar-refractivity contribution in [1.82, 2.24) is 9.97 Å². The highest BCUT2D eigenvalue weighted by Gasteiger charge is 2.06. The average molecular weight is 195 g/mol. The zero-order chi connectivity index (χ0) is 10.4. The lowest BCUT2D eigenvalue weighted by Crippen LogP contribution is -2.19. The van der Waals surface area contributed by atoms with Crippen LogP contribution in [-0.2, 0) is 6.42 Å². The zero-order valence-electron chi connectivity index (χ0n) is 8.73. The Balaban J connectivity index is 2.57. The van der Waals surface area contributed by atoms with E-state index >= 15 is 0 Å². The summed E-state index contributed by atoms with van der Waals surface area (Å²) in [7, 11) is 1.60. The molecule has 2 N–H and O–H groups in total. The van der Waals surface area contributed by atoms with Gasteiger partial charge in [-0.1, -0.05) is 6.92 Å². The smallest absolute Gasteiger partial charge is 0.235 e. The molecule has 0 aliphatic carbocycles. The third-order valence-electron chi connectivity index (χ3n) is 2.21. The van der Waals surface area contributed by atoms with Crippen molar-refractivity contribution in [3.63, 3.8) is 0 Å². The maximum absolute atomic E-state index is 5.82. The van der Waals surface area contributed by atoms with Crippen LogP contribution in [0.15, 0.2) is 12.4 Å². The van der Waals surface area contributed by atoms with Crippen LogP contribution in [0, 0.1) is 0 Å². The van der Waals surface area contributed by atoms with Crippen molar-refractivity contribution in [2.45, 2.75) is 32.2 Å². The molecule has 1 heterocycles. The van der Waals surface area contributed by atoms with E-state index in [-0.39, 0.29) is 6.04 Å². The molecule has 1 rings (SSSR count). The van der Waals surface area contributed by atoms with E-state index in [1.807, 2.05) is 0 Å². The summed E-state index contributed by atoms with van der Waals surface area (Å²) in [5, 5.41) is 0. The van der Waals surface area contributed by atoms with Gasteiger partial charge in [0.1, 0.15) is 5.69 Å². The first-order valence-electron chi connectivity index (χ1n) is 4.87. The summed E-state index contributed by atoms with van der Waals surface area (Å²) in [6.45, 7) is 2.08. The van der Waals surface area contributed by atoms with Gasteiger partial charge in [-0.15, -0.1) is 0 Å². The number of hydrogen-bond donors (Lipinski definition) is 1. The predicted octanol–water partition coefficient (Wildman–Crippen LogP) is 1.16. The van der Waals surface area contributed by atoms with Crippen LogP contribution in [0.5, 0.6) is 5.88 Å². The molecule has 1 aromatic rings. The standard InChI is InChI=1S/C10H17N3O/c1-3-8(11)4-5-9-10(14-2)13-7-6-12-9/h6-8H,3-5,11H2,1-2H3. The first-order valence-corrected chi connectivity index (χ1v) is 4.87. The van der Waals surface area contributed by atoms with Crippen molar-refractivity contribution < 1.29 is 4.74 Å². The number of nitrogens with two attached hydrogens (primary N) is 1. The Kier molecular flexibility index (Phi) is 4.32. The minimum atomic E-state index is 0.238. The van der Waals surface area contributed by atoms with Crippen molar-refractivity contribution >= 4 is 0 Å². The summed E-state index contributed by atoms with van der Waals surface area (Å²) in [6, 6.07) is 0.238. The summed E-state index contributed by atoms with van der Waals surface area (Å²) in [5.41, 5.74) is 6.71. The number of methoxy groups -OCH3 is 1. The van der Waals surface area contributed by atoms with E-state index in [2.05, 4.69) is 16.9 Å². The normalized spacial score (nSPS) is 12.5. The fourth-order valence-electron chi connectivity index (χ4n) is 1.22. The second-order valence-electron chi connectivity index (χ2n) is 3.22. The van der Waals surface area contributed by atoms with Crippen molar-refractivity contribution in [2.24, 2.45) is 5.73 Å². The molecule has 78 valence electrons. The summed E-state index contributed by atoms with van der Waals surface area (Å²) in [5.74, 6) is 0.607. The highest BCUT2D eigenvalue weighted by molar-refractivity contribution is 5.17. The SMILES string of the molecule is CCC(N)CCc1nccnc1OC. The summed E-state index contributed by atoms with van der Waals surface area (Å²) < 4.78 is 5.10. The highest BCUT2D eigenvalue weighted by atomic mass is 16.5. The summed E-state index contributed by atoms with van der Waals surface area (Å²) in [6.07, 6.45) is 6.04. The molecule has 14 heavy (non-hydrogen) atoms. The molecule has 0 aliphatic heterocycles. The van der Waals surface area contributed by atoms with Gasteiger partial charge in [-0.2, -0.15) is 0 Å². The second-order valence-corrected chi connectivity index (χ2v) is 3.22. The third kappa shape index (κ3) is 2.96. The molecule has 0 radical (unpaired) electrons. The Bertz CT molecular complexity index is 278. The minimum absolute atomic E-state index is 0.238. The Hall–Kier alpha value is -1.16. The fraction of sp³-hybridized carbons (Fsp3) is 0.600. The number of aryl methyl sites for hydroxylation is 1. The van der Waals surface area contributed by atoms with Gasteiger partial charge in [0, 0.05) is 18.4 Å². The zero-order valence-corrected chi connectivity index (χ0v) is 8.73. The number of hydrogen-bond acceptors (Lipinski definition) is 4. The van der Waals surface area contributed by atoms with Crippen molar-refractivity contribution in [1.29, 1.82) is 0 Å². The monoisotopic (exact) mass is 195 g/mol. The van der Waals surface area contributed by atoms with E-state index in [1.54, 1.807) is 19.5 Å². The molecule has 4 heteroatoms. The van der Waals surface area contributed by atoms with Gasteiger partial charge < -0.3 is 10.5 Å². The molecule has 0 bridgehead atoms. The second kappa shape index (κ2) is 5.54. The molecule has 0 saturated carbocycles. The van der Waals surface area contributed by atoms with E-state index in [9.17, 15) is 0 Å². The molecule has 0 amide bonds. The largest absolute Gasteiger partial charge is 0.480 e. The van der Waals surface area contributed by atoms with Crippen molar-refractivity contribution in [3.8, 4) is 5.88 Å². The van der Waals surface area contributed by atoms with E-state index in [1.165, 1.54) is 0 Å². The van der Waals surface area contributed by atoms with Crippen LogP contribution >= 0.6 is 0 Å². The summed E-state index contributed by atoms with van der Waals surface area (Å²) >= 11 is 0. The van der Waals surface area contributed by atoms with Crippen LogP contribution in [0.4, 0.5) is 0 Å². The number of aromatic nitrogens is 2. The van der Waals surface area contributed by atoms with Gasteiger partial charge in [-0.3, -0.25) is 4.98 Å². The maximum Gasteiger partial charge on any atom is 0.235 e. The lowest BCUT2D eigenvalue weighted by atomic mass is 10.1. The van der Waals surface area contributed by atoms with Gasteiger partial charge in [-0.05, 0) is 19.3 Å². The average Bonchev–Trinajstić information content (AvgIpc) is 2.26. The Morgan fingerprint density at radius 1 is 1.43 bits per heavy atom. The molecule has 0 aliphatic rings. The van der Waals surface area contributed by atoms with Gasteiger partial charge in [0.2, 0.25) is 5.88 Å². The van der Waals surface area contributed by atoms with Gasteiger partial charge in [-0.25, -0.2) is 4.98 Å². The number of ether oxygens (including phenoxy) is 1. The Labute approximate surface area is 84.5 Å². The van der Waals surface area contributed by atoms with Crippen LogP contribution in [-0.4, -0.2) is 23.1 Å². The topological polar surface area (TPSA) is 61.0 Å². The number of nitrogens with zero attached hydrogens (tertiary/aromatic N) is 2. The molecular formula is C10H17N3O. The van der Waals surface area contributed by atoms with Crippen molar-refractivity contribution in [3.05, 3.63) is 18.1 Å². The van der Waals surface area contributed by atoms with E-state index < -0.39 is 0 Å². The van der Waals surface area contributed by atoms with Crippen LogP contribution in [0.1, 0.15) is 25.5 Å². The third-order valence-corrected chi connectivity index (χ3v) is 2.21. The van der Waals surface area contributed by atoms with Crippen molar-refractivity contribution in [2.75, 3.05) is 7.11 Å². The van der Waals surface area contributed by atoms with E-state index in [0.717, 1.165) is 25.0 Å². The first-order chi connectivity index (χ1) is 6.77. The Morgan fingerprint density at radius 2 is 2.14 bits per heavy atom.